The molecule has 1 amide bonds. The average Bonchev–Trinajstić information content (AvgIpc) is 3.20. The Morgan fingerprint density at radius 2 is 2.16 bits per heavy atom. The highest BCUT2D eigenvalue weighted by atomic mass is 32.2. The van der Waals surface area contributed by atoms with Crippen LogP contribution in [-0.4, -0.2) is 52.0 Å². The summed E-state index contributed by atoms with van der Waals surface area (Å²) in [6.45, 7) is 3.58. The summed E-state index contributed by atoms with van der Waals surface area (Å²) < 4.78 is 23.9. The summed E-state index contributed by atoms with van der Waals surface area (Å²) in [5.74, 6) is 11.0. The molecule has 0 radical (unpaired) electrons. The Morgan fingerprint density at radius 1 is 1.42 bits per heavy atom. The average molecular weight is 444 g/mol. The van der Waals surface area contributed by atoms with Crippen LogP contribution < -0.4 is 5.48 Å². The summed E-state index contributed by atoms with van der Waals surface area (Å²) in [7, 11) is -3.76. The van der Waals surface area contributed by atoms with E-state index in [4.69, 9.17) is 5.21 Å². The fourth-order valence-corrected chi connectivity index (χ4v) is 4.06. The first-order chi connectivity index (χ1) is 14.5. The van der Waals surface area contributed by atoms with Crippen LogP contribution in [0.25, 0.3) is 10.9 Å². The maximum Gasteiger partial charge on any atom is 0.264 e. The molecular formula is C22H25N3O5S. The summed E-state index contributed by atoms with van der Waals surface area (Å²) in [6, 6.07) is 5.49. The Balaban J connectivity index is 1.72. The van der Waals surface area contributed by atoms with E-state index in [1.807, 2.05) is 25.1 Å². The summed E-state index contributed by atoms with van der Waals surface area (Å²) in [5, 5.41) is 23.4. The normalized spacial score (nSPS) is 21.9. The van der Waals surface area contributed by atoms with E-state index in [1.54, 1.807) is 10.9 Å². The number of carbonyl (C=O) groups excluding carboxylic acids is 1. The molecule has 1 aromatic heterocycles. The van der Waals surface area contributed by atoms with Crippen LogP contribution in [0.3, 0.4) is 0 Å². The molecule has 31 heavy (non-hydrogen) atoms. The minimum Gasteiger partial charge on any atom is -0.396 e. The van der Waals surface area contributed by atoms with Crippen LogP contribution >= 0.6 is 0 Å². The highest BCUT2D eigenvalue weighted by Crippen LogP contribution is 2.51. The molecular weight excluding hydrogens is 418 g/mol. The SMILES string of the molecule is C[C@@]1(CO)CC1C#CC#Cc1ccc2nn(CC[C@](C)(C(=O)NO)S(C)(=O)=O)cc2c1. The molecule has 2 aromatic rings. The predicted octanol–water partition coefficient (Wildman–Crippen LogP) is 1.11. The zero-order valence-corrected chi connectivity index (χ0v) is 18.5. The van der Waals surface area contributed by atoms with Gasteiger partial charge in [0.25, 0.3) is 5.91 Å². The van der Waals surface area contributed by atoms with Crippen molar-refractivity contribution in [2.24, 2.45) is 11.3 Å². The Labute approximate surface area is 181 Å². The number of hydrogen-bond donors (Lipinski definition) is 3. The number of amides is 1. The standard InChI is InChI=1S/C22H25N3O5S/c1-21(15-26)13-18(21)7-5-4-6-16-8-9-19-17(12-16)14-25(23-19)11-10-22(2,20(27)24-28)31(3,29)30/h8-9,12,14,18,26,28H,10-11,13,15H2,1-3H3,(H,24,27)/t18?,21-,22+/m0/s1. The number of nitrogens with one attached hydrogen (secondary N) is 1. The third-order valence-electron chi connectivity index (χ3n) is 6.00. The number of sulfone groups is 1. The first-order valence-corrected chi connectivity index (χ1v) is 11.7. The quantitative estimate of drug-likeness (QED) is 0.349. The number of aliphatic hydroxyl groups excluding tert-OH is 1. The summed E-state index contributed by atoms with van der Waals surface area (Å²) in [4.78, 5) is 11.9. The van der Waals surface area contributed by atoms with Gasteiger partial charge in [0.05, 0.1) is 5.52 Å². The highest BCUT2D eigenvalue weighted by Gasteiger charge is 2.48. The first kappa shape index (κ1) is 22.8. The minimum absolute atomic E-state index is 0.0532. The van der Waals surface area contributed by atoms with E-state index in [-0.39, 0.29) is 30.9 Å². The Bertz CT molecular complexity index is 1240. The molecule has 3 rings (SSSR count). The summed E-state index contributed by atoms with van der Waals surface area (Å²) >= 11 is 0. The van der Waals surface area contributed by atoms with Crippen molar-refractivity contribution in [3.63, 3.8) is 0 Å². The molecule has 0 bridgehead atoms. The van der Waals surface area contributed by atoms with E-state index in [0.717, 1.165) is 23.6 Å². The third-order valence-corrected chi connectivity index (χ3v) is 8.02. The number of hydrogen-bond acceptors (Lipinski definition) is 6. The number of carbonyl (C=O) groups is 1. The van der Waals surface area contributed by atoms with Crippen LogP contribution in [0.1, 0.15) is 32.3 Å². The number of rotatable bonds is 6. The van der Waals surface area contributed by atoms with E-state index >= 15 is 0 Å². The maximum absolute atomic E-state index is 12.1. The minimum atomic E-state index is -3.76. The van der Waals surface area contributed by atoms with Crippen molar-refractivity contribution in [2.75, 3.05) is 12.9 Å². The van der Waals surface area contributed by atoms with Gasteiger partial charge in [-0.15, -0.1) is 0 Å². The van der Waals surface area contributed by atoms with Crippen molar-refractivity contribution < 1.29 is 23.5 Å². The number of fused-ring (bicyclic) bond motifs is 1. The zero-order chi connectivity index (χ0) is 22.9. The van der Waals surface area contributed by atoms with Crippen LogP contribution in [-0.2, 0) is 21.2 Å². The van der Waals surface area contributed by atoms with Crippen molar-refractivity contribution in [2.45, 2.75) is 38.0 Å². The van der Waals surface area contributed by atoms with Gasteiger partial charge in [-0.3, -0.25) is 14.7 Å². The first-order valence-electron chi connectivity index (χ1n) is 9.76. The maximum atomic E-state index is 12.1. The zero-order valence-electron chi connectivity index (χ0n) is 17.6. The second-order valence-electron chi connectivity index (χ2n) is 8.45. The van der Waals surface area contributed by atoms with Gasteiger partial charge in [0, 0.05) is 47.9 Å². The lowest BCUT2D eigenvalue weighted by atomic mass is 10.1. The lowest BCUT2D eigenvalue weighted by Crippen LogP contribution is -2.49. The largest absolute Gasteiger partial charge is 0.396 e. The van der Waals surface area contributed by atoms with E-state index in [9.17, 15) is 18.3 Å². The molecule has 1 unspecified atom stereocenters. The monoisotopic (exact) mass is 443 g/mol. The third kappa shape index (κ3) is 4.75. The van der Waals surface area contributed by atoms with Crippen LogP contribution in [0, 0.1) is 35.0 Å². The molecule has 9 heteroatoms. The van der Waals surface area contributed by atoms with Gasteiger partial charge in [0.15, 0.2) is 14.6 Å². The molecule has 0 aliphatic heterocycles. The lowest BCUT2D eigenvalue weighted by Gasteiger charge is -2.24. The van der Waals surface area contributed by atoms with Crippen molar-refractivity contribution in [1.29, 1.82) is 0 Å². The Hall–Kier alpha value is -2.85. The van der Waals surface area contributed by atoms with Gasteiger partial charge in [-0.2, -0.15) is 5.10 Å². The second-order valence-corrected chi connectivity index (χ2v) is 10.9. The van der Waals surface area contributed by atoms with E-state index in [0.29, 0.717) is 5.52 Å². The van der Waals surface area contributed by atoms with Gasteiger partial charge in [-0.25, -0.2) is 13.9 Å². The smallest absolute Gasteiger partial charge is 0.264 e. The number of aromatic nitrogens is 2. The van der Waals surface area contributed by atoms with Crippen LogP contribution in [0.5, 0.6) is 0 Å². The van der Waals surface area contributed by atoms with Gasteiger partial charge in [-0.05, 0) is 49.8 Å². The van der Waals surface area contributed by atoms with Crippen LogP contribution in [0.2, 0.25) is 0 Å². The molecule has 0 spiro atoms. The number of hydroxylamine groups is 1. The van der Waals surface area contributed by atoms with E-state index < -0.39 is 20.5 Å². The molecule has 3 atom stereocenters. The number of benzene rings is 1. The topological polar surface area (TPSA) is 122 Å². The van der Waals surface area contributed by atoms with Gasteiger partial charge in [-0.1, -0.05) is 18.8 Å². The number of nitrogens with zero attached hydrogens (tertiary/aromatic N) is 2. The highest BCUT2D eigenvalue weighted by molar-refractivity contribution is 7.92. The fraction of sp³-hybridized carbons (Fsp3) is 0.455. The number of aliphatic hydroxyl groups is 1. The fourth-order valence-electron chi connectivity index (χ4n) is 3.22. The second kappa shape index (κ2) is 8.35. The molecule has 1 aliphatic carbocycles. The summed E-state index contributed by atoms with van der Waals surface area (Å²) in [6.07, 6.45) is 3.55. The van der Waals surface area contributed by atoms with Crippen molar-refractivity contribution >= 4 is 26.6 Å². The van der Waals surface area contributed by atoms with Crippen molar-refractivity contribution in [3.8, 4) is 23.7 Å². The van der Waals surface area contributed by atoms with E-state index in [1.165, 1.54) is 12.4 Å². The molecule has 1 heterocycles. The number of aryl methyl sites for hydroxylation is 1. The molecule has 0 saturated heterocycles. The van der Waals surface area contributed by atoms with Gasteiger partial charge in [0.2, 0.25) is 0 Å². The van der Waals surface area contributed by atoms with Crippen LogP contribution in [0.4, 0.5) is 0 Å². The predicted molar refractivity (Wildman–Crippen MR) is 115 cm³/mol. The lowest BCUT2D eigenvalue weighted by molar-refractivity contribution is -0.131. The van der Waals surface area contributed by atoms with Crippen molar-refractivity contribution in [1.82, 2.24) is 15.3 Å². The molecule has 1 aromatic carbocycles. The Kier molecular flexibility index (Phi) is 6.15. The molecule has 1 fully saturated rings. The van der Waals surface area contributed by atoms with Crippen LogP contribution in [0.15, 0.2) is 24.4 Å². The van der Waals surface area contributed by atoms with Gasteiger partial charge in [0.1, 0.15) is 0 Å². The summed E-state index contributed by atoms with van der Waals surface area (Å²) in [5.41, 5.74) is 2.82. The molecule has 3 N–H and O–H groups in total. The van der Waals surface area contributed by atoms with E-state index in [2.05, 4.69) is 28.8 Å². The molecule has 1 saturated carbocycles. The van der Waals surface area contributed by atoms with Gasteiger partial charge >= 0.3 is 0 Å². The Morgan fingerprint density at radius 3 is 2.77 bits per heavy atom. The molecule has 1 aliphatic rings. The molecule has 8 nitrogen and oxygen atoms in total. The molecule has 164 valence electrons. The van der Waals surface area contributed by atoms with Crippen molar-refractivity contribution in [3.05, 3.63) is 30.0 Å². The van der Waals surface area contributed by atoms with Gasteiger partial charge < -0.3 is 5.11 Å².